The first-order chi connectivity index (χ1) is 55.6. The molecular weight excluding hydrogens is 1620 g/mol. The molecule has 31 N–H and O–H groups in total. The summed E-state index contributed by atoms with van der Waals surface area (Å²) in [6.07, 6.45) is -87.1. The molecule has 1 unspecified atom stereocenters. The molecule has 53 nitrogen and oxygen atoms in total. The number of carboxylic acids is 1. The fourth-order valence-corrected chi connectivity index (χ4v) is 15.1. The Kier molecular flexibility index (Phi) is 34.7. The lowest BCUT2D eigenvalue weighted by Gasteiger charge is -2.50. The predicted octanol–water partition coefficient (Wildman–Crippen LogP) is -20.8. The van der Waals surface area contributed by atoms with Crippen molar-refractivity contribution in [3.8, 4) is 0 Å². The number of carboxylic acid groups (broad SMARTS) is 1. The van der Waals surface area contributed by atoms with Gasteiger partial charge in [0.05, 0.1) is 71.6 Å². The molecular formula is C65H108N4O49. The Labute approximate surface area is 666 Å². The zero-order valence-corrected chi connectivity index (χ0v) is 63.1. The Morgan fingerprint density at radius 3 is 1.07 bits per heavy atom. The lowest BCUT2D eigenvalue weighted by atomic mass is 9.88. The molecule has 0 spiro atoms. The number of aliphatic carboxylic acids is 1. The van der Waals surface area contributed by atoms with Crippen LogP contribution in [0.3, 0.4) is 0 Å². The third kappa shape index (κ3) is 21.4. The summed E-state index contributed by atoms with van der Waals surface area (Å²) in [5.41, 5.74) is 0. The molecule has 0 aromatic heterocycles. The van der Waals surface area contributed by atoms with Crippen LogP contribution >= 0.6 is 0 Å². The zero-order chi connectivity index (χ0) is 87.3. The van der Waals surface area contributed by atoms with Crippen LogP contribution in [0.5, 0.6) is 0 Å². The van der Waals surface area contributed by atoms with E-state index in [1.807, 2.05) is 0 Å². The lowest BCUT2D eigenvalue weighted by Crippen LogP contribution is -2.70. The van der Waals surface area contributed by atoms with Crippen molar-refractivity contribution in [2.24, 2.45) is 0 Å². The Balaban J connectivity index is 0.936. The number of rotatable bonds is 32. The monoisotopic (exact) mass is 1730 g/mol. The van der Waals surface area contributed by atoms with Gasteiger partial charge in [0.2, 0.25) is 23.6 Å². The average molecular weight is 1730 g/mol. The van der Waals surface area contributed by atoms with Crippen LogP contribution in [-0.2, 0) is 104 Å². The number of aliphatic hydroxyl groups excluding tert-OH is 26. The maximum absolute atomic E-state index is 13.1. The van der Waals surface area contributed by atoms with Crippen molar-refractivity contribution < 1.29 is 242 Å². The highest BCUT2D eigenvalue weighted by Crippen LogP contribution is 2.41. The standard InChI is InChI=1S/C65H108N4O49/c1-15(77)66-29-19(81)5-65(64(100)101,118-53(29)33(83)20(82)6-70)103-14-28-35(85)42(92)46(96)61(111-28)113-51-26(12-76)109-59(32(40(51)90)69-18(4)80)117-55-37(87)27(110-63(48(55)98)115-52-23(9-73)104-56(99)44(94)43(52)93)13-102-57-30(67-16(2)78)38(88)49(24(10-74)107-57)114-62-47(97)54(36(86)22(8-72)106-62)116-58-31(68-17(3)79)39(89)50(25(11-75)108-58)112-60-45(95)41(91)34(84)21(7-71)105-60/h19-63,70-76,81-99H,5-14H2,1-4H3,(H,66,77)(H,67,78)(H,68,79)(H,69,80)(H,100,101)/t19-,20+,21+,22+,23+,24+,25+,26+,27+,28+,29+,30+,31+,32+,33+,34-,35-,36-,37-,38+,39+,40+,41-,42-,43+,44+,45+,46+,47+,48+,49+,50+,51+,52+,53+,54-,55-,56?,57+,58-,59-,60-,61-,62-,63-,65+/m0/s1. The van der Waals surface area contributed by atoms with Gasteiger partial charge in [-0.25, -0.2) is 4.79 Å². The Bertz CT molecular complexity index is 3210. The van der Waals surface area contributed by atoms with E-state index in [1.54, 1.807) is 0 Å². The van der Waals surface area contributed by atoms with Crippen LogP contribution < -0.4 is 21.3 Å². The minimum absolute atomic E-state index is 0.834. The quantitative estimate of drug-likeness (QED) is 0.0297. The van der Waals surface area contributed by atoms with Gasteiger partial charge in [-0.2, -0.15) is 0 Å². The highest BCUT2D eigenvalue weighted by molar-refractivity contribution is 5.77. The highest BCUT2D eigenvalue weighted by atomic mass is 16.8. The number of aliphatic hydroxyl groups is 26. The molecule has 9 heterocycles. The minimum Gasteiger partial charge on any atom is -0.477 e. The summed E-state index contributed by atoms with van der Waals surface area (Å²) in [5.74, 6) is -8.80. The summed E-state index contributed by atoms with van der Waals surface area (Å²) < 4.78 is 98.8. The highest BCUT2D eigenvalue weighted by Gasteiger charge is 2.62. The SMILES string of the molecule is CC(=O)N[C@H]1[C@H](O[C@H]2[C@@H](O)[C@@H](CO)O[C@@H](O[C@H]3[C@H](O)[C@@H](NC(C)=O)[C@H](OC[C@H]4O[C@@H](O[C@H]5[C@H](O)[C@@H](O)C(O)O[C@@H]5CO)[C@H](O)[C@@H](O[C@@H]5O[C@H](CO)[C@@H](O[C@@H]6O[C@H](CO[C@]7(C(=O)O)C[C@H](O)[C@@H](NC(C)=O)[C@H]([C@H](O)[C@H](O)CO)O7)[C@H](O)[C@H](O)[C@H]6O)[C@H](O)[C@H]5NC(C)=O)[C@H]4O)O[C@@H]3CO)[C@@H]2O)O[C@H](CO)[C@@H](O[C@@H]2O[C@H](CO)[C@H](O)[C@H](O)[C@H]2O)[C@@H]1O. The number of carbonyl (C=O) groups is 5. The third-order valence-electron chi connectivity index (χ3n) is 21.3. The number of amides is 4. The van der Waals surface area contributed by atoms with Crippen molar-refractivity contribution in [1.82, 2.24) is 21.3 Å². The van der Waals surface area contributed by atoms with Gasteiger partial charge in [0.15, 0.2) is 50.3 Å². The van der Waals surface area contributed by atoms with E-state index in [4.69, 9.17) is 80.5 Å². The minimum atomic E-state index is -3.07. The van der Waals surface area contributed by atoms with Gasteiger partial charge < -0.3 is 240 Å². The van der Waals surface area contributed by atoms with Crippen LogP contribution in [-0.4, -0.2) is 509 Å². The van der Waals surface area contributed by atoms with Crippen LogP contribution in [0.1, 0.15) is 34.1 Å². The molecule has 9 aliphatic heterocycles. The van der Waals surface area contributed by atoms with E-state index >= 15 is 0 Å². The first kappa shape index (κ1) is 97.4. The Morgan fingerprint density at radius 1 is 0.347 bits per heavy atom. The van der Waals surface area contributed by atoms with E-state index < -0.39 is 377 Å². The van der Waals surface area contributed by atoms with Crippen molar-refractivity contribution >= 4 is 29.6 Å². The first-order valence-electron chi connectivity index (χ1n) is 37.3. The number of hydrogen-bond acceptors (Lipinski definition) is 48. The number of nitrogens with one attached hydrogen (secondary N) is 4. The van der Waals surface area contributed by atoms with E-state index in [1.165, 1.54) is 0 Å². The molecule has 118 heavy (non-hydrogen) atoms. The summed E-state index contributed by atoms with van der Waals surface area (Å²) in [6, 6.07) is -7.45. The molecule has 0 aromatic rings. The van der Waals surface area contributed by atoms with Crippen LogP contribution in [0.15, 0.2) is 0 Å². The largest absolute Gasteiger partial charge is 0.477 e. The fourth-order valence-electron chi connectivity index (χ4n) is 15.1. The normalized spacial score (nSPS) is 47.6. The molecule has 9 aliphatic rings. The number of hydrogen-bond donors (Lipinski definition) is 31. The van der Waals surface area contributed by atoms with E-state index in [0.29, 0.717) is 0 Å². The lowest BCUT2D eigenvalue weighted by molar-refractivity contribution is -0.386. The van der Waals surface area contributed by atoms with Crippen LogP contribution in [0.4, 0.5) is 0 Å². The molecule has 53 heteroatoms. The molecule has 0 radical (unpaired) electrons. The summed E-state index contributed by atoms with van der Waals surface area (Å²) in [5, 5.41) is 306. The van der Waals surface area contributed by atoms with Crippen molar-refractivity contribution in [1.29, 1.82) is 0 Å². The summed E-state index contributed by atoms with van der Waals surface area (Å²) >= 11 is 0. The van der Waals surface area contributed by atoms with Gasteiger partial charge in [0, 0.05) is 34.1 Å². The van der Waals surface area contributed by atoms with Crippen LogP contribution in [0.2, 0.25) is 0 Å². The van der Waals surface area contributed by atoms with Gasteiger partial charge in [-0.3, -0.25) is 19.2 Å². The molecule has 0 aromatic carbocycles. The van der Waals surface area contributed by atoms with Gasteiger partial charge in [-0.15, -0.1) is 0 Å². The van der Waals surface area contributed by atoms with E-state index in [-0.39, 0.29) is 0 Å². The summed E-state index contributed by atoms with van der Waals surface area (Å²) in [6.45, 7) is -6.31. The van der Waals surface area contributed by atoms with Crippen molar-refractivity contribution in [2.75, 3.05) is 59.5 Å². The molecule has 682 valence electrons. The molecule has 4 amide bonds. The number of ether oxygens (including phenoxy) is 17. The molecule has 0 bridgehead atoms. The van der Waals surface area contributed by atoms with Gasteiger partial charge >= 0.3 is 5.97 Å². The topological polar surface area (TPSA) is 837 Å². The van der Waals surface area contributed by atoms with Crippen LogP contribution in [0, 0.1) is 0 Å². The molecule has 0 saturated carbocycles. The van der Waals surface area contributed by atoms with Gasteiger partial charge in [0.1, 0.15) is 213 Å². The van der Waals surface area contributed by atoms with Crippen LogP contribution in [0.25, 0.3) is 0 Å². The second-order valence-electron chi connectivity index (χ2n) is 29.6. The maximum atomic E-state index is 13.1. The van der Waals surface area contributed by atoms with Crippen molar-refractivity contribution in [3.63, 3.8) is 0 Å². The van der Waals surface area contributed by atoms with E-state index in [2.05, 4.69) is 21.3 Å². The summed E-state index contributed by atoms with van der Waals surface area (Å²) in [4.78, 5) is 63.8. The maximum Gasteiger partial charge on any atom is 0.364 e. The second-order valence-corrected chi connectivity index (χ2v) is 29.6. The Morgan fingerprint density at radius 2 is 0.669 bits per heavy atom. The van der Waals surface area contributed by atoms with E-state index in [9.17, 15) is 162 Å². The molecule has 46 atom stereocenters. The van der Waals surface area contributed by atoms with Gasteiger partial charge in [-0.05, 0) is 0 Å². The Hall–Kier alpha value is -4.37. The molecule has 9 rings (SSSR count). The third-order valence-corrected chi connectivity index (χ3v) is 21.3. The van der Waals surface area contributed by atoms with Gasteiger partial charge in [-0.1, -0.05) is 0 Å². The number of carbonyl (C=O) groups excluding carboxylic acids is 4. The molecule has 9 fully saturated rings. The smallest absolute Gasteiger partial charge is 0.364 e. The predicted molar refractivity (Wildman–Crippen MR) is 361 cm³/mol. The van der Waals surface area contributed by atoms with Crippen molar-refractivity contribution in [2.45, 2.75) is 316 Å². The zero-order valence-electron chi connectivity index (χ0n) is 63.1. The second kappa shape index (κ2) is 42.1. The average Bonchev–Trinajstić information content (AvgIpc) is 0.768. The van der Waals surface area contributed by atoms with Gasteiger partial charge in [0.25, 0.3) is 5.79 Å². The summed E-state index contributed by atoms with van der Waals surface area (Å²) in [7, 11) is 0. The molecule has 0 aliphatic carbocycles. The van der Waals surface area contributed by atoms with Crippen molar-refractivity contribution in [3.05, 3.63) is 0 Å². The molecule has 9 saturated heterocycles. The van der Waals surface area contributed by atoms with E-state index in [0.717, 1.165) is 27.7 Å². The fraction of sp³-hybridized carbons (Fsp3) is 0.923. The first-order valence-corrected chi connectivity index (χ1v) is 37.3.